The second kappa shape index (κ2) is 6.26. The van der Waals surface area contributed by atoms with Gasteiger partial charge >= 0.3 is 0 Å². The fourth-order valence-electron chi connectivity index (χ4n) is 3.04. The van der Waals surface area contributed by atoms with Gasteiger partial charge in [-0.2, -0.15) is 0 Å². The first kappa shape index (κ1) is 14.1. The normalized spacial score (nSPS) is 17.8. The van der Waals surface area contributed by atoms with Crippen LogP contribution in [0.2, 0.25) is 0 Å². The summed E-state index contributed by atoms with van der Waals surface area (Å²) >= 11 is 0. The van der Waals surface area contributed by atoms with Crippen LogP contribution >= 0.6 is 0 Å². The number of pyridine rings is 1. The Balaban J connectivity index is 1.56. The van der Waals surface area contributed by atoms with Gasteiger partial charge in [-0.1, -0.05) is 0 Å². The summed E-state index contributed by atoms with van der Waals surface area (Å²) in [7, 11) is 3.85. The molecule has 2 aromatic rings. The highest BCUT2D eigenvalue weighted by Crippen LogP contribution is 2.20. The maximum atomic E-state index is 5.25. The lowest BCUT2D eigenvalue weighted by Crippen LogP contribution is -2.31. The van der Waals surface area contributed by atoms with Crippen LogP contribution in [0.25, 0.3) is 0 Å². The summed E-state index contributed by atoms with van der Waals surface area (Å²) in [6, 6.07) is 3.89. The Hall–Kier alpha value is -1.88. The molecule has 2 aromatic heterocycles. The van der Waals surface area contributed by atoms with Gasteiger partial charge in [0.15, 0.2) is 0 Å². The Kier molecular flexibility index (Phi) is 4.20. The molecule has 0 saturated heterocycles. The number of imidazole rings is 1. The van der Waals surface area contributed by atoms with Crippen LogP contribution in [-0.4, -0.2) is 40.1 Å². The number of aryl methyl sites for hydroxylation is 1. The molecule has 1 aliphatic heterocycles. The molecule has 3 heterocycles. The van der Waals surface area contributed by atoms with Crippen molar-refractivity contribution in [2.24, 2.45) is 5.92 Å². The minimum atomic E-state index is 0.683. The van der Waals surface area contributed by atoms with Crippen LogP contribution in [0.1, 0.15) is 17.9 Å². The monoisotopic (exact) mass is 286 g/mol. The number of ether oxygens (including phenoxy) is 1. The van der Waals surface area contributed by atoms with Gasteiger partial charge in [-0.25, -0.2) is 4.98 Å². The smallest absolute Gasteiger partial charge is 0.122 e. The third kappa shape index (κ3) is 3.42. The molecule has 5 nitrogen and oxygen atoms in total. The number of nitrogens with zero attached hydrogens (tertiary/aromatic N) is 4. The van der Waals surface area contributed by atoms with E-state index in [1.807, 2.05) is 18.3 Å². The summed E-state index contributed by atoms with van der Waals surface area (Å²) in [6.07, 6.45) is 8.10. The summed E-state index contributed by atoms with van der Waals surface area (Å²) < 4.78 is 7.53. The van der Waals surface area contributed by atoms with E-state index in [0.717, 1.165) is 37.5 Å². The van der Waals surface area contributed by atoms with Crippen LogP contribution in [0, 0.1) is 5.92 Å². The van der Waals surface area contributed by atoms with Crippen molar-refractivity contribution in [3.8, 4) is 5.75 Å². The summed E-state index contributed by atoms with van der Waals surface area (Å²) in [5.74, 6) is 2.78. The van der Waals surface area contributed by atoms with Crippen molar-refractivity contribution >= 4 is 0 Å². The van der Waals surface area contributed by atoms with Crippen molar-refractivity contribution in [3.05, 3.63) is 42.2 Å². The molecule has 0 bridgehead atoms. The van der Waals surface area contributed by atoms with Gasteiger partial charge in [0, 0.05) is 50.7 Å². The van der Waals surface area contributed by atoms with E-state index in [1.54, 1.807) is 13.3 Å². The standard InChI is InChI=1S/C16H22N4O/c1-19(12-14-9-15(21-2)5-6-17-14)10-13-3-4-16-18-7-8-20(16)11-13/h5-9,13H,3-4,10-12H2,1-2H3. The molecule has 112 valence electrons. The Morgan fingerprint density at radius 2 is 2.29 bits per heavy atom. The predicted molar refractivity (Wildman–Crippen MR) is 81.2 cm³/mol. The number of hydrogen-bond acceptors (Lipinski definition) is 4. The zero-order valence-electron chi connectivity index (χ0n) is 12.7. The first-order valence-electron chi connectivity index (χ1n) is 7.42. The molecule has 21 heavy (non-hydrogen) atoms. The number of aromatic nitrogens is 3. The fraction of sp³-hybridized carbons (Fsp3) is 0.500. The van der Waals surface area contributed by atoms with E-state index in [1.165, 1.54) is 12.2 Å². The molecule has 5 heteroatoms. The van der Waals surface area contributed by atoms with E-state index in [9.17, 15) is 0 Å². The number of rotatable bonds is 5. The van der Waals surface area contributed by atoms with Gasteiger partial charge in [-0.15, -0.1) is 0 Å². The van der Waals surface area contributed by atoms with E-state index < -0.39 is 0 Å². The lowest BCUT2D eigenvalue weighted by atomic mass is 9.99. The van der Waals surface area contributed by atoms with Gasteiger partial charge in [0.2, 0.25) is 0 Å². The van der Waals surface area contributed by atoms with Gasteiger partial charge in [0.05, 0.1) is 12.8 Å². The van der Waals surface area contributed by atoms with Crippen molar-refractivity contribution in [2.45, 2.75) is 25.9 Å². The second-order valence-electron chi connectivity index (χ2n) is 5.78. The first-order valence-corrected chi connectivity index (χ1v) is 7.42. The fourth-order valence-corrected chi connectivity index (χ4v) is 3.04. The average Bonchev–Trinajstić information content (AvgIpc) is 2.95. The Bertz CT molecular complexity index is 595. The third-order valence-corrected chi connectivity index (χ3v) is 4.06. The molecule has 0 aromatic carbocycles. The zero-order valence-corrected chi connectivity index (χ0v) is 12.7. The number of methoxy groups -OCH3 is 1. The van der Waals surface area contributed by atoms with Crippen LogP contribution in [0.15, 0.2) is 30.7 Å². The quantitative estimate of drug-likeness (QED) is 0.843. The van der Waals surface area contributed by atoms with E-state index in [2.05, 4.69) is 32.7 Å². The van der Waals surface area contributed by atoms with Crippen LogP contribution in [-0.2, 0) is 19.5 Å². The van der Waals surface area contributed by atoms with Crippen molar-refractivity contribution < 1.29 is 4.74 Å². The molecule has 0 spiro atoms. The molecule has 0 amide bonds. The lowest BCUT2D eigenvalue weighted by Gasteiger charge is -2.28. The van der Waals surface area contributed by atoms with Gasteiger partial charge in [0.1, 0.15) is 11.6 Å². The molecule has 0 N–H and O–H groups in total. The summed E-state index contributed by atoms with van der Waals surface area (Å²) in [6.45, 7) is 3.01. The minimum absolute atomic E-state index is 0.683. The Morgan fingerprint density at radius 1 is 1.38 bits per heavy atom. The summed E-state index contributed by atoms with van der Waals surface area (Å²) in [5, 5.41) is 0. The van der Waals surface area contributed by atoms with E-state index in [-0.39, 0.29) is 0 Å². The first-order chi connectivity index (χ1) is 10.2. The van der Waals surface area contributed by atoms with Crippen LogP contribution < -0.4 is 4.74 Å². The van der Waals surface area contributed by atoms with Crippen molar-refractivity contribution in [1.29, 1.82) is 0 Å². The van der Waals surface area contributed by atoms with Crippen molar-refractivity contribution in [1.82, 2.24) is 19.4 Å². The highest BCUT2D eigenvalue weighted by molar-refractivity contribution is 5.22. The topological polar surface area (TPSA) is 43.2 Å². The molecular weight excluding hydrogens is 264 g/mol. The Morgan fingerprint density at radius 3 is 3.14 bits per heavy atom. The van der Waals surface area contributed by atoms with E-state index >= 15 is 0 Å². The number of fused-ring (bicyclic) bond motifs is 1. The average molecular weight is 286 g/mol. The molecular formula is C16H22N4O. The third-order valence-electron chi connectivity index (χ3n) is 4.06. The SMILES string of the molecule is COc1ccnc(CN(C)CC2CCc3nccn3C2)c1. The lowest BCUT2D eigenvalue weighted by molar-refractivity contribution is 0.227. The van der Waals surface area contributed by atoms with Crippen LogP contribution in [0.5, 0.6) is 5.75 Å². The van der Waals surface area contributed by atoms with Gasteiger partial charge in [-0.3, -0.25) is 4.98 Å². The molecule has 3 rings (SSSR count). The van der Waals surface area contributed by atoms with Crippen molar-refractivity contribution in [2.75, 3.05) is 20.7 Å². The molecule has 1 atom stereocenters. The highest BCUT2D eigenvalue weighted by atomic mass is 16.5. The van der Waals surface area contributed by atoms with E-state index in [4.69, 9.17) is 4.74 Å². The van der Waals surface area contributed by atoms with Crippen LogP contribution in [0.3, 0.4) is 0 Å². The summed E-state index contributed by atoms with van der Waals surface area (Å²) in [4.78, 5) is 11.1. The molecule has 1 unspecified atom stereocenters. The minimum Gasteiger partial charge on any atom is -0.497 e. The highest BCUT2D eigenvalue weighted by Gasteiger charge is 2.20. The molecule has 0 saturated carbocycles. The molecule has 1 aliphatic rings. The van der Waals surface area contributed by atoms with Crippen molar-refractivity contribution in [3.63, 3.8) is 0 Å². The molecule has 0 radical (unpaired) electrons. The second-order valence-corrected chi connectivity index (χ2v) is 5.78. The maximum Gasteiger partial charge on any atom is 0.122 e. The zero-order chi connectivity index (χ0) is 14.7. The van der Waals surface area contributed by atoms with Gasteiger partial charge in [0.25, 0.3) is 0 Å². The Labute approximate surface area is 125 Å². The van der Waals surface area contributed by atoms with Gasteiger partial charge < -0.3 is 14.2 Å². The largest absolute Gasteiger partial charge is 0.497 e. The number of hydrogen-bond donors (Lipinski definition) is 0. The maximum absolute atomic E-state index is 5.25. The molecule has 0 fully saturated rings. The van der Waals surface area contributed by atoms with Gasteiger partial charge in [-0.05, 0) is 25.5 Å². The van der Waals surface area contributed by atoms with E-state index in [0.29, 0.717) is 5.92 Å². The van der Waals surface area contributed by atoms with Crippen LogP contribution in [0.4, 0.5) is 0 Å². The summed E-state index contributed by atoms with van der Waals surface area (Å²) in [5.41, 5.74) is 1.05. The molecule has 0 aliphatic carbocycles. The predicted octanol–water partition coefficient (Wildman–Crippen LogP) is 1.98.